The fourth-order valence-corrected chi connectivity index (χ4v) is 3.48. The maximum absolute atomic E-state index is 2.51. The highest BCUT2D eigenvalue weighted by Crippen LogP contribution is 2.49. The van der Waals surface area contributed by atoms with E-state index >= 15 is 0 Å². The first-order valence-corrected chi connectivity index (χ1v) is 7.54. The van der Waals surface area contributed by atoms with Gasteiger partial charge in [0.15, 0.2) is 0 Å². The average Bonchev–Trinajstić information content (AvgIpc) is 2.44. The molecule has 0 spiro atoms. The van der Waals surface area contributed by atoms with Gasteiger partial charge in [-0.05, 0) is 36.1 Å². The third-order valence-corrected chi connectivity index (χ3v) is 4.50. The van der Waals surface area contributed by atoms with Gasteiger partial charge in [-0.25, -0.2) is 0 Å². The number of rotatable bonds is 2. The van der Waals surface area contributed by atoms with E-state index in [1.807, 2.05) is 0 Å². The van der Waals surface area contributed by atoms with E-state index in [4.69, 9.17) is 0 Å². The summed E-state index contributed by atoms with van der Waals surface area (Å²) >= 11 is 0. The van der Waals surface area contributed by atoms with Gasteiger partial charge >= 0.3 is 0 Å². The highest BCUT2D eigenvalue weighted by Gasteiger charge is 2.36. The molecule has 0 aliphatic carbocycles. The minimum Gasteiger partial charge on any atom is -0.341 e. The summed E-state index contributed by atoms with van der Waals surface area (Å²) in [6, 6.07) is 15.6. The van der Waals surface area contributed by atoms with Gasteiger partial charge in [0.05, 0.1) is 0 Å². The molecule has 0 radical (unpaired) electrons. The molecule has 0 aromatic heterocycles. The maximum atomic E-state index is 2.51. The molecule has 0 unspecified atom stereocenters. The summed E-state index contributed by atoms with van der Waals surface area (Å²) in [6.45, 7) is 10.2. The molecule has 1 heterocycles. The lowest BCUT2D eigenvalue weighted by Gasteiger charge is -2.42. The van der Waals surface area contributed by atoms with E-state index in [2.05, 4.69) is 75.1 Å². The fourth-order valence-electron chi connectivity index (χ4n) is 3.48. The highest BCUT2D eigenvalue weighted by molar-refractivity contribution is 5.79. The van der Waals surface area contributed by atoms with Gasteiger partial charge in [-0.1, -0.05) is 57.2 Å². The molecule has 0 fully saturated rings. The van der Waals surface area contributed by atoms with E-state index in [-0.39, 0.29) is 5.41 Å². The number of aryl methyl sites for hydroxylation is 1. The molecule has 0 N–H and O–H groups in total. The van der Waals surface area contributed by atoms with Crippen LogP contribution in [-0.2, 0) is 5.41 Å². The summed E-state index contributed by atoms with van der Waals surface area (Å²) in [4.78, 5) is 2.51. The van der Waals surface area contributed by atoms with Gasteiger partial charge < -0.3 is 4.90 Å². The van der Waals surface area contributed by atoms with Crippen LogP contribution in [0.3, 0.4) is 0 Å². The Bertz CT molecular complexity index is 640. The van der Waals surface area contributed by atoms with Crippen molar-refractivity contribution in [3.8, 4) is 0 Å². The van der Waals surface area contributed by atoms with Crippen LogP contribution in [0.5, 0.6) is 0 Å². The summed E-state index contributed by atoms with van der Waals surface area (Å²) in [6.07, 6.45) is 1.16. The normalized spacial score (nSPS) is 15.7. The van der Waals surface area contributed by atoms with Gasteiger partial charge in [0.2, 0.25) is 0 Å². The molecule has 20 heavy (non-hydrogen) atoms. The van der Waals surface area contributed by atoms with Crippen molar-refractivity contribution < 1.29 is 0 Å². The molecule has 0 bridgehead atoms. The van der Waals surface area contributed by atoms with Crippen LogP contribution in [-0.4, -0.2) is 6.54 Å². The Morgan fingerprint density at radius 2 is 1.65 bits per heavy atom. The number of hydrogen-bond donors (Lipinski definition) is 0. The molecular weight excluding hydrogens is 242 g/mol. The molecule has 1 aliphatic rings. The standard InChI is InChI=1S/C19H23N/c1-5-13-20-17-12-7-6-10-15(17)19(3,4)16-11-8-9-14(2)18(16)20/h6-12H,5,13H2,1-4H3. The summed E-state index contributed by atoms with van der Waals surface area (Å²) in [5.41, 5.74) is 7.12. The van der Waals surface area contributed by atoms with Gasteiger partial charge in [-0.2, -0.15) is 0 Å². The maximum Gasteiger partial charge on any atom is 0.0482 e. The quantitative estimate of drug-likeness (QED) is 0.723. The van der Waals surface area contributed by atoms with Crippen molar-refractivity contribution in [2.45, 2.75) is 39.5 Å². The minimum absolute atomic E-state index is 0.0716. The van der Waals surface area contributed by atoms with Crippen LogP contribution < -0.4 is 4.90 Å². The third-order valence-electron chi connectivity index (χ3n) is 4.50. The summed E-state index contributed by atoms with van der Waals surface area (Å²) < 4.78 is 0. The van der Waals surface area contributed by atoms with Crippen molar-refractivity contribution in [3.05, 3.63) is 59.2 Å². The Morgan fingerprint density at radius 3 is 2.40 bits per heavy atom. The van der Waals surface area contributed by atoms with Crippen LogP contribution in [0.4, 0.5) is 11.4 Å². The smallest absolute Gasteiger partial charge is 0.0482 e. The van der Waals surface area contributed by atoms with Gasteiger partial charge in [-0.3, -0.25) is 0 Å². The number of nitrogens with zero attached hydrogens (tertiary/aromatic N) is 1. The van der Waals surface area contributed by atoms with Gasteiger partial charge in [0.1, 0.15) is 0 Å². The first-order chi connectivity index (χ1) is 9.57. The molecule has 1 heteroatoms. The van der Waals surface area contributed by atoms with Gasteiger partial charge in [0.25, 0.3) is 0 Å². The van der Waals surface area contributed by atoms with Crippen LogP contribution in [0, 0.1) is 6.92 Å². The molecule has 1 nitrogen and oxygen atoms in total. The van der Waals surface area contributed by atoms with E-state index in [0.29, 0.717) is 0 Å². The number of fused-ring (bicyclic) bond motifs is 2. The third kappa shape index (κ3) is 1.76. The first kappa shape index (κ1) is 13.2. The Kier molecular flexibility index (Phi) is 3.08. The molecular formula is C19H23N. The largest absolute Gasteiger partial charge is 0.341 e. The van der Waals surface area contributed by atoms with E-state index in [0.717, 1.165) is 13.0 Å². The first-order valence-electron chi connectivity index (χ1n) is 7.54. The van der Waals surface area contributed by atoms with Crippen molar-refractivity contribution in [3.63, 3.8) is 0 Å². The molecule has 3 rings (SSSR count). The molecule has 2 aromatic carbocycles. The van der Waals surface area contributed by atoms with Crippen molar-refractivity contribution in [2.24, 2.45) is 0 Å². The SMILES string of the molecule is CCCN1c2ccccc2C(C)(C)c2cccc(C)c21. The molecule has 2 aromatic rings. The van der Waals surface area contributed by atoms with Crippen LogP contribution >= 0.6 is 0 Å². The molecule has 0 saturated heterocycles. The second-order valence-electron chi connectivity index (χ2n) is 6.26. The molecule has 104 valence electrons. The van der Waals surface area contributed by atoms with Gasteiger partial charge in [0, 0.05) is 23.3 Å². The Morgan fingerprint density at radius 1 is 0.950 bits per heavy atom. The summed E-state index contributed by atoms with van der Waals surface area (Å²) in [5.74, 6) is 0. The van der Waals surface area contributed by atoms with Crippen molar-refractivity contribution in [2.75, 3.05) is 11.4 Å². The fraction of sp³-hybridized carbons (Fsp3) is 0.368. The Hall–Kier alpha value is -1.76. The summed E-state index contributed by atoms with van der Waals surface area (Å²) in [5, 5.41) is 0. The zero-order valence-electron chi connectivity index (χ0n) is 12.9. The highest BCUT2D eigenvalue weighted by atomic mass is 15.1. The predicted molar refractivity (Wildman–Crippen MR) is 87.0 cm³/mol. The second-order valence-corrected chi connectivity index (χ2v) is 6.26. The van der Waals surface area contributed by atoms with Crippen LogP contribution in [0.15, 0.2) is 42.5 Å². The van der Waals surface area contributed by atoms with Crippen LogP contribution in [0.1, 0.15) is 43.9 Å². The van der Waals surface area contributed by atoms with Crippen LogP contribution in [0.2, 0.25) is 0 Å². The van der Waals surface area contributed by atoms with E-state index in [9.17, 15) is 0 Å². The lowest BCUT2D eigenvalue weighted by atomic mass is 9.73. The molecule has 0 saturated carbocycles. The number of para-hydroxylation sites is 2. The topological polar surface area (TPSA) is 3.24 Å². The molecule has 0 amide bonds. The zero-order valence-corrected chi connectivity index (χ0v) is 12.9. The lowest BCUT2D eigenvalue weighted by molar-refractivity contribution is 0.622. The number of hydrogen-bond acceptors (Lipinski definition) is 1. The monoisotopic (exact) mass is 265 g/mol. The Balaban J connectivity index is 2.32. The predicted octanol–water partition coefficient (Wildman–Crippen LogP) is 5.18. The molecule has 1 aliphatic heterocycles. The van der Waals surface area contributed by atoms with Crippen LogP contribution in [0.25, 0.3) is 0 Å². The second kappa shape index (κ2) is 4.66. The van der Waals surface area contributed by atoms with Crippen molar-refractivity contribution >= 4 is 11.4 Å². The Labute approximate surface area is 122 Å². The average molecular weight is 265 g/mol. The number of anilines is 2. The van der Waals surface area contributed by atoms with Crippen molar-refractivity contribution in [1.82, 2.24) is 0 Å². The number of benzene rings is 2. The minimum atomic E-state index is 0.0716. The van der Waals surface area contributed by atoms with E-state index in [1.54, 1.807) is 0 Å². The van der Waals surface area contributed by atoms with E-state index in [1.165, 1.54) is 28.1 Å². The van der Waals surface area contributed by atoms with E-state index < -0.39 is 0 Å². The zero-order chi connectivity index (χ0) is 14.3. The summed E-state index contributed by atoms with van der Waals surface area (Å²) in [7, 11) is 0. The van der Waals surface area contributed by atoms with Gasteiger partial charge in [-0.15, -0.1) is 0 Å². The lowest BCUT2D eigenvalue weighted by Crippen LogP contribution is -2.33. The molecule has 0 atom stereocenters. The van der Waals surface area contributed by atoms with Crippen molar-refractivity contribution in [1.29, 1.82) is 0 Å².